The van der Waals surface area contributed by atoms with Gasteiger partial charge in [-0.05, 0) is 18.9 Å². The van der Waals surface area contributed by atoms with Crippen LogP contribution in [0, 0.1) is 21.4 Å². The van der Waals surface area contributed by atoms with Crippen molar-refractivity contribution in [2.24, 2.45) is 0 Å². The topological polar surface area (TPSA) is 97.4 Å². The number of ether oxygens (including phenoxy) is 2. The number of hydrogen-bond donors (Lipinski definition) is 1. The molecular formula is C13H15N3O4. The van der Waals surface area contributed by atoms with Crippen molar-refractivity contribution in [3.05, 3.63) is 28.3 Å². The Balaban J connectivity index is 2.00. The number of nitro benzene ring substituents is 1. The van der Waals surface area contributed by atoms with Gasteiger partial charge in [0, 0.05) is 12.1 Å². The highest BCUT2D eigenvalue weighted by Crippen LogP contribution is 2.31. The predicted molar refractivity (Wildman–Crippen MR) is 70.7 cm³/mol. The number of benzene rings is 1. The van der Waals surface area contributed by atoms with Crippen LogP contribution in [0.5, 0.6) is 11.5 Å². The molecule has 0 aromatic heterocycles. The van der Waals surface area contributed by atoms with E-state index in [1.54, 1.807) is 0 Å². The van der Waals surface area contributed by atoms with Crippen LogP contribution in [0.15, 0.2) is 18.2 Å². The minimum atomic E-state index is -0.501. The number of hydrogen-bond acceptors (Lipinski definition) is 6. The lowest BCUT2D eigenvalue weighted by Gasteiger charge is -2.14. The van der Waals surface area contributed by atoms with Gasteiger partial charge in [-0.1, -0.05) is 0 Å². The zero-order valence-electron chi connectivity index (χ0n) is 11.0. The molecule has 1 atom stereocenters. The summed E-state index contributed by atoms with van der Waals surface area (Å²) in [6.45, 7) is 0.168. The number of non-ortho nitro benzene ring substituents is 1. The molecule has 1 aliphatic carbocycles. The first-order valence-corrected chi connectivity index (χ1v) is 6.25. The first-order valence-electron chi connectivity index (χ1n) is 6.25. The van der Waals surface area contributed by atoms with Crippen LogP contribution in [0.4, 0.5) is 5.69 Å². The van der Waals surface area contributed by atoms with Crippen molar-refractivity contribution in [2.45, 2.75) is 24.9 Å². The van der Waals surface area contributed by atoms with Crippen LogP contribution in [0.2, 0.25) is 0 Å². The van der Waals surface area contributed by atoms with Crippen LogP contribution in [0.3, 0.4) is 0 Å². The summed E-state index contributed by atoms with van der Waals surface area (Å²) in [4.78, 5) is 10.2. The summed E-state index contributed by atoms with van der Waals surface area (Å²) in [5, 5.41) is 22.8. The lowest BCUT2D eigenvalue weighted by atomic mass is 10.2. The molecule has 1 aliphatic rings. The third-order valence-electron chi connectivity index (χ3n) is 2.93. The Kier molecular flexibility index (Phi) is 4.38. The molecule has 0 amide bonds. The van der Waals surface area contributed by atoms with E-state index in [0.717, 1.165) is 12.8 Å². The SMILES string of the molecule is COc1cc([N+](=O)[O-])ccc1OCC(C#N)NC1CC1. The van der Waals surface area contributed by atoms with Gasteiger partial charge in [0.15, 0.2) is 11.5 Å². The van der Waals surface area contributed by atoms with Crippen molar-refractivity contribution in [2.75, 3.05) is 13.7 Å². The van der Waals surface area contributed by atoms with Gasteiger partial charge in [-0.3, -0.25) is 15.4 Å². The van der Waals surface area contributed by atoms with Gasteiger partial charge < -0.3 is 9.47 Å². The summed E-state index contributed by atoms with van der Waals surface area (Å²) < 4.78 is 10.6. The number of methoxy groups -OCH3 is 1. The molecule has 7 heteroatoms. The first-order chi connectivity index (χ1) is 9.63. The minimum Gasteiger partial charge on any atom is -0.493 e. The van der Waals surface area contributed by atoms with Gasteiger partial charge in [-0.25, -0.2) is 0 Å². The third kappa shape index (κ3) is 3.59. The fourth-order valence-corrected chi connectivity index (χ4v) is 1.72. The summed E-state index contributed by atoms with van der Waals surface area (Å²) in [5.41, 5.74) is -0.0675. The third-order valence-corrected chi connectivity index (χ3v) is 2.93. The number of nitro groups is 1. The number of nitriles is 1. The molecule has 0 spiro atoms. The Labute approximate surface area is 116 Å². The van der Waals surface area contributed by atoms with Crippen molar-refractivity contribution in [3.8, 4) is 17.6 Å². The highest BCUT2D eigenvalue weighted by atomic mass is 16.6. The van der Waals surface area contributed by atoms with Crippen LogP contribution >= 0.6 is 0 Å². The summed E-state index contributed by atoms with van der Waals surface area (Å²) >= 11 is 0. The molecule has 0 bridgehead atoms. The molecular weight excluding hydrogens is 262 g/mol. The van der Waals surface area contributed by atoms with Gasteiger partial charge in [-0.2, -0.15) is 5.26 Å². The zero-order valence-corrected chi connectivity index (χ0v) is 11.0. The molecule has 2 rings (SSSR count). The number of nitrogens with one attached hydrogen (secondary N) is 1. The number of rotatable bonds is 7. The van der Waals surface area contributed by atoms with E-state index in [2.05, 4.69) is 11.4 Å². The van der Waals surface area contributed by atoms with Gasteiger partial charge in [0.25, 0.3) is 5.69 Å². The van der Waals surface area contributed by atoms with Crippen LogP contribution in [0.25, 0.3) is 0 Å². The molecule has 0 saturated heterocycles. The van der Waals surface area contributed by atoms with Gasteiger partial charge in [0.05, 0.1) is 24.2 Å². The maximum atomic E-state index is 10.7. The van der Waals surface area contributed by atoms with E-state index in [1.807, 2.05) is 0 Å². The molecule has 7 nitrogen and oxygen atoms in total. The second kappa shape index (κ2) is 6.21. The zero-order chi connectivity index (χ0) is 14.5. The maximum absolute atomic E-state index is 10.7. The molecule has 1 aromatic carbocycles. The maximum Gasteiger partial charge on any atom is 0.273 e. The normalized spacial score (nSPS) is 15.2. The summed E-state index contributed by atoms with van der Waals surface area (Å²) in [7, 11) is 1.41. The van der Waals surface area contributed by atoms with Gasteiger partial charge in [0.2, 0.25) is 0 Å². The van der Waals surface area contributed by atoms with Crippen molar-refractivity contribution in [1.29, 1.82) is 5.26 Å². The van der Waals surface area contributed by atoms with Crippen LogP contribution in [-0.4, -0.2) is 30.7 Å². The lowest BCUT2D eigenvalue weighted by Crippen LogP contribution is -2.34. The summed E-state index contributed by atoms with van der Waals surface area (Å²) in [5.74, 6) is 0.665. The Morgan fingerprint density at radius 2 is 2.30 bits per heavy atom. The highest BCUT2D eigenvalue weighted by molar-refractivity contribution is 5.48. The molecule has 1 unspecified atom stereocenters. The molecule has 1 saturated carbocycles. The van der Waals surface area contributed by atoms with Crippen LogP contribution in [-0.2, 0) is 0 Å². The Hall–Kier alpha value is -2.33. The van der Waals surface area contributed by atoms with Crippen LogP contribution < -0.4 is 14.8 Å². The Morgan fingerprint density at radius 1 is 1.55 bits per heavy atom. The van der Waals surface area contributed by atoms with Crippen molar-refractivity contribution in [1.82, 2.24) is 5.32 Å². The van der Waals surface area contributed by atoms with E-state index < -0.39 is 11.0 Å². The standard InChI is InChI=1S/C13H15N3O4/c1-19-13-6-11(16(17)18)4-5-12(13)20-8-10(7-14)15-9-2-3-9/h4-6,9-10,15H,2-3,8H2,1H3. The van der Waals surface area contributed by atoms with Crippen LogP contribution in [0.1, 0.15) is 12.8 Å². The largest absolute Gasteiger partial charge is 0.493 e. The second-order valence-electron chi connectivity index (χ2n) is 4.53. The molecule has 0 radical (unpaired) electrons. The summed E-state index contributed by atoms with van der Waals surface area (Å²) in [6.07, 6.45) is 2.16. The minimum absolute atomic E-state index is 0.0675. The first kappa shape index (κ1) is 14.1. The quantitative estimate of drug-likeness (QED) is 0.601. The van der Waals surface area contributed by atoms with Gasteiger partial charge in [0.1, 0.15) is 12.6 Å². The van der Waals surface area contributed by atoms with Crippen molar-refractivity contribution >= 4 is 5.69 Å². The fraction of sp³-hybridized carbons (Fsp3) is 0.462. The molecule has 1 aromatic rings. The molecule has 106 valence electrons. The average molecular weight is 277 g/mol. The molecule has 1 fully saturated rings. The fourth-order valence-electron chi connectivity index (χ4n) is 1.72. The molecule has 1 N–H and O–H groups in total. The van der Waals surface area contributed by atoms with E-state index in [1.165, 1.54) is 25.3 Å². The second-order valence-corrected chi connectivity index (χ2v) is 4.53. The van der Waals surface area contributed by atoms with E-state index >= 15 is 0 Å². The molecule has 0 heterocycles. The van der Waals surface area contributed by atoms with Crippen molar-refractivity contribution < 1.29 is 14.4 Å². The Bertz CT molecular complexity index is 537. The number of nitrogens with zero attached hydrogens (tertiary/aromatic N) is 2. The molecule has 0 aliphatic heterocycles. The monoisotopic (exact) mass is 277 g/mol. The smallest absolute Gasteiger partial charge is 0.273 e. The van der Waals surface area contributed by atoms with Crippen molar-refractivity contribution in [3.63, 3.8) is 0 Å². The van der Waals surface area contributed by atoms with Gasteiger partial charge in [-0.15, -0.1) is 0 Å². The molecule has 20 heavy (non-hydrogen) atoms. The lowest BCUT2D eigenvalue weighted by molar-refractivity contribution is -0.384. The van der Waals surface area contributed by atoms with Gasteiger partial charge >= 0.3 is 0 Å². The Morgan fingerprint density at radius 3 is 2.85 bits per heavy atom. The van der Waals surface area contributed by atoms with E-state index in [-0.39, 0.29) is 18.0 Å². The average Bonchev–Trinajstić information content (AvgIpc) is 3.27. The summed E-state index contributed by atoms with van der Waals surface area (Å²) in [6, 6.07) is 6.24. The van der Waals surface area contributed by atoms with E-state index in [9.17, 15) is 10.1 Å². The highest BCUT2D eigenvalue weighted by Gasteiger charge is 2.25. The van der Waals surface area contributed by atoms with E-state index in [4.69, 9.17) is 14.7 Å². The van der Waals surface area contributed by atoms with E-state index in [0.29, 0.717) is 11.8 Å². The predicted octanol–water partition coefficient (Wildman–Crippen LogP) is 1.63.